The van der Waals surface area contributed by atoms with Gasteiger partial charge in [0.2, 0.25) is 0 Å². The zero-order valence-electron chi connectivity index (χ0n) is 10.4. The summed E-state index contributed by atoms with van der Waals surface area (Å²) in [6.45, 7) is 0.494. The number of benzene rings is 2. The number of carbonyl (C=O) groups excluding carboxylic acids is 1. The fourth-order valence-electron chi connectivity index (χ4n) is 2.32. The van der Waals surface area contributed by atoms with E-state index < -0.39 is 4.75 Å². The number of thioether (sulfide) groups is 1. The molecule has 0 bridgehead atoms. The first-order chi connectivity index (χ1) is 9.31. The van der Waals surface area contributed by atoms with Crippen LogP contribution >= 0.6 is 11.8 Å². The Morgan fingerprint density at radius 3 is 2.16 bits per heavy atom. The molecule has 0 spiro atoms. The van der Waals surface area contributed by atoms with Crippen LogP contribution in [-0.2, 0) is 14.3 Å². The molecule has 3 rings (SSSR count). The Morgan fingerprint density at radius 2 is 1.58 bits per heavy atom. The first-order valence-corrected chi connectivity index (χ1v) is 7.10. The summed E-state index contributed by atoms with van der Waals surface area (Å²) in [6.07, 6.45) is 0.718. The van der Waals surface area contributed by atoms with Crippen molar-refractivity contribution in [3.8, 4) is 0 Å². The molecule has 1 unspecified atom stereocenters. The van der Waals surface area contributed by atoms with Crippen LogP contribution in [0.1, 0.15) is 12.0 Å². The molecule has 96 valence electrons. The van der Waals surface area contributed by atoms with Crippen molar-refractivity contribution in [2.75, 3.05) is 6.61 Å². The van der Waals surface area contributed by atoms with E-state index >= 15 is 0 Å². The molecule has 0 aliphatic carbocycles. The summed E-state index contributed by atoms with van der Waals surface area (Å²) in [5.41, 5.74) is 1.02. The van der Waals surface area contributed by atoms with Crippen LogP contribution in [0.3, 0.4) is 0 Å². The van der Waals surface area contributed by atoms with Crippen molar-refractivity contribution in [1.82, 2.24) is 0 Å². The van der Waals surface area contributed by atoms with Gasteiger partial charge in [-0.05, 0) is 17.7 Å². The maximum absolute atomic E-state index is 12.3. The van der Waals surface area contributed by atoms with Gasteiger partial charge in [0.05, 0.1) is 6.61 Å². The Bertz CT molecular complexity index is 568. The van der Waals surface area contributed by atoms with Crippen molar-refractivity contribution in [2.24, 2.45) is 0 Å². The molecule has 1 saturated heterocycles. The van der Waals surface area contributed by atoms with Gasteiger partial charge in [-0.3, -0.25) is 4.79 Å². The van der Waals surface area contributed by atoms with Crippen LogP contribution in [0.25, 0.3) is 0 Å². The molecule has 0 N–H and O–H groups in total. The molecule has 1 heterocycles. The molecule has 2 aromatic carbocycles. The third-order valence-electron chi connectivity index (χ3n) is 3.29. The van der Waals surface area contributed by atoms with E-state index in [9.17, 15) is 4.79 Å². The normalized spacial score (nSPS) is 22.2. The van der Waals surface area contributed by atoms with Gasteiger partial charge in [-0.1, -0.05) is 48.5 Å². The van der Waals surface area contributed by atoms with Crippen LogP contribution in [-0.4, -0.2) is 12.6 Å². The molecule has 0 saturated carbocycles. The summed E-state index contributed by atoms with van der Waals surface area (Å²) in [7, 11) is 0. The first-order valence-electron chi connectivity index (χ1n) is 6.28. The molecule has 0 radical (unpaired) electrons. The molecular formula is C16H14O2S. The highest BCUT2D eigenvalue weighted by atomic mass is 32.2. The molecule has 0 aromatic heterocycles. The lowest BCUT2D eigenvalue weighted by Crippen LogP contribution is -2.27. The maximum atomic E-state index is 12.3. The third kappa shape index (κ3) is 2.26. The minimum atomic E-state index is -0.595. The van der Waals surface area contributed by atoms with Gasteiger partial charge < -0.3 is 4.74 Å². The van der Waals surface area contributed by atoms with E-state index in [1.165, 1.54) is 0 Å². The van der Waals surface area contributed by atoms with Gasteiger partial charge >= 0.3 is 5.97 Å². The van der Waals surface area contributed by atoms with Crippen molar-refractivity contribution in [2.45, 2.75) is 16.1 Å². The van der Waals surface area contributed by atoms with Gasteiger partial charge in [-0.15, -0.1) is 11.8 Å². The van der Waals surface area contributed by atoms with Gasteiger partial charge in [0, 0.05) is 11.3 Å². The highest BCUT2D eigenvalue weighted by Crippen LogP contribution is 2.47. The van der Waals surface area contributed by atoms with Crippen LogP contribution in [0.5, 0.6) is 0 Å². The second-order valence-electron chi connectivity index (χ2n) is 4.49. The fourth-order valence-corrected chi connectivity index (χ4v) is 3.59. The molecule has 3 heteroatoms. The van der Waals surface area contributed by atoms with Crippen LogP contribution < -0.4 is 0 Å². The van der Waals surface area contributed by atoms with E-state index in [4.69, 9.17) is 4.74 Å². The molecule has 1 fully saturated rings. The smallest absolute Gasteiger partial charge is 0.327 e. The first kappa shape index (κ1) is 12.3. The lowest BCUT2D eigenvalue weighted by Gasteiger charge is -2.24. The Kier molecular flexibility index (Phi) is 3.30. The second kappa shape index (κ2) is 5.10. The second-order valence-corrected chi connectivity index (χ2v) is 5.87. The SMILES string of the molecule is O=C1OCCC1(Sc1ccccc1)c1ccccc1. The van der Waals surface area contributed by atoms with E-state index in [0.717, 1.165) is 16.9 Å². The Labute approximate surface area is 116 Å². The van der Waals surface area contributed by atoms with E-state index in [0.29, 0.717) is 6.61 Å². The number of hydrogen-bond donors (Lipinski definition) is 0. The largest absolute Gasteiger partial charge is 0.464 e. The van der Waals surface area contributed by atoms with Crippen LogP contribution in [0.2, 0.25) is 0 Å². The van der Waals surface area contributed by atoms with E-state index in [1.807, 2.05) is 60.7 Å². The summed E-state index contributed by atoms with van der Waals surface area (Å²) in [5.74, 6) is -0.132. The van der Waals surface area contributed by atoms with Gasteiger partial charge in [-0.2, -0.15) is 0 Å². The minimum absolute atomic E-state index is 0.132. The van der Waals surface area contributed by atoms with Crippen LogP contribution in [0, 0.1) is 0 Å². The monoisotopic (exact) mass is 270 g/mol. The number of hydrogen-bond acceptors (Lipinski definition) is 3. The maximum Gasteiger partial charge on any atom is 0.327 e. The standard InChI is InChI=1S/C16H14O2S/c17-15-16(11-12-18-15,13-7-3-1-4-8-13)19-14-9-5-2-6-10-14/h1-10H,11-12H2. The topological polar surface area (TPSA) is 26.3 Å². The molecule has 0 amide bonds. The molecule has 2 aromatic rings. The summed E-state index contributed by atoms with van der Waals surface area (Å²) in [4.78, 5) is 13.3. The fraction of sp³-hybridized carbons (Fsp3) is 0.188. The molecule has 2 nitrogen and oxygen atoms in total. The molecule has 1 aliphatic rings. The lowest BCUT2D eigenvalue weighted by atomic mass is 9.97. The Balaban J connectivity index is 2.01. The Hall–Kier alpha value is -1.74. The molecule has 19 heavy (non-hydrogen) atoms. The van der Waals surface area contributed by atoms with E-state index in [-0.39, 0.29) is 5.97 Å². The number of cyclic esters (lactones) is 1. The van der Waals surface area contributed by atoms with Crippen molar-refractivity contribution in [1.29, 1.82) is 0 Å². The predicted molar refractivity (Wildman–Crippen MR) is 76.0 cm³/mol. The summed E-state index contributed by atoms with van der Waals surface area (Å²) in [6, 6.07) is 19.9. The number of esters is 1. The Morgan fingerprint density at radius 1 is 0.947 bits per heavy atom. The summed E-state index contributed by atoms with van der Waals surface area (Å²) >= 11 is 1.59. The van der Waals surface area contributed by atoms with Crippen LogP contribution in [0.15, 0.2) is 65.6 Å². The highest BCUT2D eigenvalue weighted by Gasteiger charge is 2.47. The van der Waals surface area contributed by atoms with Crippen molar-refractivity contribution in [3.05, 3.63) is 66.2 Å². The summed E-state index contributed by atoms with van der Waals surface area (Å²) < 4.78 is 4.64. The average molecular weight is 270 g/mol. The van der Waals surface area contributed by atoms with Gasteiger partial charge in [0.15, 0.2) is 0 Å². The van der Waals surface area contributed by atoms with Crippen LogP contribution in [0.4, 0.5) is 0 Å². The molecular weight excluding hydrogens is 256 g/mol. The summed E-state index contributed by atoms with van der Waals surface area (Å²) in [5, 5.41) is 0. The zero-order chi connectivity index (χ0) is 13.1. The van der Waals surface area contributed by atoms with E-state index in [2.05, 4.69) is 0 Å². The highest BCUT2D eigenvalue weighted by molar-refractivity contribution is 8.01. The number of ether oxygens (including phenoxy) is 1. The molecule has 1 atom stereocenters. The quantitative estimate of drug-likeness (QED) is 0.797. The van der Waals surface area contributed by atoms with Crippen molar-refractivity contribution >= 4 is 17.7 Å². The van der Waals surface area contributed by atoms with E-state index in [1.54, 1.807) is 11.8 Å². The van der Waals surface area contributed by atoms with Gasteiger partial charge in [0.25, 0.3) is 0 Å². The average Bonchev–Trinajstić information content (AvgIpc) is 2.83. The van der Waals surface area contributed by atoms with Crippen molar-refractivity contribution < 1.29 is 9.53 Å². The zero-order valence-corrected chi connectivity index (χ0v) is 11.2. The minimum Gasteiger partial charge on any atom is -0.464 e. The van der Waals surface area contributed by atoms with Crippen molar-refractivity contribution in [3.63, 3.8) is 0 Å². The predicted octanol–water partition coefficient (Wildman–Crippen LogP) is 3.62. The lowest BCUT2D eigenvalue weighted by molar-refractivity contribution is -0.140. The van der Waals surface area contributed by atoms with Gasteiger partial charge in [-0.25, -0.2) is 0 Å². The molecule has 1 aliphatic heterocycles. The number of rotatable bonds is 3. The third-order valence-corrected chi connectivity index (χ3v) is 4.76. The van der Waals surface area contributed by atoms with Gasteiger partial charge in [0.1, 0.15) is 4.75 Å². The number of carbonyl (C=O) groups is 1.